The van der Waals surface area contributed by atoms with Crippen LogP contribution in [0, 0.1) is 12.7 Å². The van der Waals surface area contributed by atoms with Gasteiger partial charge in [0.2, 0.25) is 0 Å². The first-order valence-corrected chi connectivity index (χ1v) is 6.70. The van der Waals surface area contributed by atoms with Gasteiger partial charge in [-0.3, -0.25) is 0 Å². The van der Waals surface area contributed by atoms with Crippen molar-refractivity contribution in [1.29, 1.82) is 0 Å². The summed E-state index contributed by atoms with van der Waals surface area (Å²) < 4.78 is 13.2. The Labute approximate surface area is 113 Å². The summed E-state index contributed by atoms with van der Waals surface area (Å²) >= 11 is 0. The first-order valence-electron chi connectivity index (χ1n) is 6.70. The Morgan fingerprint density at radius 2 is 1.89 bits per heavy atom. The summed E-state index contributed by atoms with van der Waals surface area (Å²) in [6.45, 7) is 2.08. The lowest BCUT2D eigenvalue weighted by Crippen LogP contribution is -2.36. The molecule has 19 heavy (non-hydrogen) atoms. The number of benzene rings is 2. The predicted octanol–water partition coefficient (Wildman–Crippen LogP) is 3.48. The number of aryl methyl sites for hydroxylation is 2. The largest absolute Gasteiger partial charge is 0.321 e. The fourth-order valence-corrected chi connectivity index (χ4v) is 3.00. The molecular weight excluding hydrogens is 237 g/mol. The zero-order chi connectivity index (χ0) is 13.5. The van der Waals surface area contributed by atoms with Crippen LogP contribution in [0.4, 0.5) is 4.39 Å². The number of hydrogen-bond acceptors (Lipinski definition) is 1. The molecule has 2 aromatic carbocycles. The fourth-order valence-electron chi connectivity index (χ4n) is 3.00. The van der Waals surface area contributed by atoms with Gasteiger partial charge < -0.3 is 5.73 Å². The lowest BCUT2D eigenvalue weighted by atomic mass is 9.86. The topological polar surface area (TPSA) is 26.0 Å². The number of fused-ring (bicyclic) bond motifs is 1. The third kappa shape index (κ3) is 2.28. The number of rotatable bonds is 2. The van der Waals surface area contributed by atoms with Gasteiger partial charge in [-0.25, -0.2) is 4.39 Å². The van der Waals surface area contributed by atoms with Gasteiger partial charge in [0.05, 0.1) is 0 Å². The molecule has 1 nitrogen and oxygen atoms in total. The van der Waals surface area contributed by atoms with Gasteiger partial charge in [0, 0.05) is 5.54 Å². The average Bonchev–Trinajstić information content (AvgIpc) is 2.69. The molecule has 3 rings (SSSR count). The number of hydrogen-bond donors (Lipinski definition) is 1. The van der Waals surface area contributed by atoms with Gasteiger partial charge in [-0.2, -0.15) is 0 Å². The van der Waals surface area contributed by atoms with Crippen molar-refractivity contribution in [3.63, 3.8) is 0 Å². The first-order chi connectivity index (χ1) is 9.07. The number of nitrogens with two attached hydrogens (primary N) is 1. The molecule has 0 radical (unpaired) electrons. The maximum atomic E-state index is 13.2. The monoisotopic (exact) mass is 255 g/mol. The van der Waals surface area contributed by atoms with Crippen LogP contribution in [0.25, 0.3) is 0 Å². The molecule has 2 N–H and O–H groups in total. The van der Waals surface area contributed by atoms with Gasteiger partial charge in [-0.15, -0.1) is 0 Å². The van der Waals surface area contributed by atoms with Crippen molar-refractivity contribution < 1.29 is 4.39 Å². The minimum Gasteiger partial charge on any atom is -0.321 e. The van der Waals surface area contributed by atoms with Crippen molar-refractivity contribution in [2.75, 3.05) is 0 Å². The van der Waals surface area contributed by atoms with Gasteiger partial charge in [0.15, 0.2) is 0 Å². The van der Waals surface area contributed by atoms with Gasteiger partial charge >= 0.3 is 0 Å². The predicted molar refractivity (Wildman–Crippen MR) is 75.5 cm³/mol. The highest BCUT2D eigenvalue weighted by Gasteiger charge is 2.35. The van der Waals surface area contributed by atoms with Crippen LogP contribution in [0.2, 0.25) is 0 Å². The van der Waals surface area contributed by atoms with E-state index in [9.17, 15) is 4.39 Å². The zero-order valence-electron chi connectivity index (χ0n) is 11.1. The van der Waals surface area contributed by atoms with E-state index in [4.69, 9.17) is 5.73 Å². The van der Waals surface area contributed by atoms with E-state index >= 15 is 0 Å². The molecule has 0 aliphatic heterocycles. The third-order valence-electron chi connectivity index (χ3n) is 4.08. The molecule has 1 unspecified atom stereocenters. The van der Waals surface area contributed by atoms with E-state index in [0.717, 1.165) is 30.4 Å². The Kier molecular flexibility index (Phi) is 2.90. The molecule has 1 atom stereocenters. The van der Waals surface area contributed by atoms with E-state index < -0.39 is 0 Å². The van der Waals surface area contributed by atoms with Crippen molar-refractivity contribution in [1.82, 2.24) is 0 Å². The van der Waals surface area contributed by atoms with E-state index in [0.29, 0.717) is 0 Å². The van der Waals surface area contributed by atoms with Crippen LogP contribution in [0.5, 0.6) is 0 Å². The highest BCUT2D eigenvalue weighted by molar-refractivity contribution is 5.40. The smallest absolute Gasteiger partial charge is 0.123 e. The van der Waals surface area contributed by atoms with Gasteiger partial charge in [0.25, 0.3) is 0 Å². The van der Waals surface area contributed by atoms with Crippen molar-refractivity contribution in [3.05, 3.63) is 70.5 Å². The van der Waals surface area contributed by atoms with Gasteiger partial charge in [0.1, 0.15) is 5.82 Å². The quantitative estimate of drug-likeness (QED) is 0.873. The first kappa shape index (κ1) is 12.4. The SMILES string of the molecule is Cc1ccc(CC2(N)CCc3cc(F)ccc32)cc1. The summed E-state index contributed by atoms with van der Waals surface area (Å²) in [4.78, 5) is 0. The van der Waals surface area contributed by atoms with E-state index in [1.165, 1.54) is 17.2 Å². The second-order valence-corrected chi connectivity index (χ2v) is 5.62. The molecule has 1 aliphatic rings. The average molecular weight is 255 g/mol. The second-order valence-electron chi connectivity index (χ2n) is 5.62. The molecule has 0 heterocycles. The maximum Gasteiger partial charge on any atom is 0.123 e. The molecule has 2 heteroatoms. The summed E-state index contributed by atoms with van der Waals surface area (Å²) in [5, 5.41) is 0. The zero-order valence-corrected chi connectivity index (χ0v) is 11.1. The Bertz CT molecular complexity index is 603. The fraction of sp³-hybridized carbons (Fsp3) is 0.294. The van der Waals surface area contributed by atoms with Crippen molar-refractivity contribution in [3.8, 4) is 0 Å². The minimum absolute atomic E-state index is 0.168. The van der Waals surface area contributed by atoms with E-state index in [1.807, 2.05) is 6.07 Å². The summed E-state index contributed by atoms with van der Waals surface area (Å²) in [5.41, 5.74) is 10.9. The van der Waals surface area contributed by atoms with Crippen LogP contribution in [-0.4, -0.2) is 0 Å². The van der Waals surface area contributed by atoms with Gasteiger partial charge in [-0.1, -0.05) is 35.9 Å². The maximum absolute atomic E-state index is 13.2. The molecule has 0 amide bonds. The summed E-state index contributed by atoms with van der Waals surface area (Å²) in [7, 11) is 0. The van der Waals surface area contributed by atoms with Crippen molar-refractivity contribution in [2.45, 2.75) is 31.7 Å². The van der Waals surface area contributed by atoms with Crippen LogP contribution in [0.1, 0.15) is 28.7 Å². The number of halogens is 1. The Balaban J connectivity index is 1.92. The Morgan fingerprint density at radius 3 is 2.63 bits per heavy atom. The molecular formula is C17H18FN. The molecule has 2 aromatic rings. The lowest BCUT2D eigenvalue weighted by molar-refractivity contribution is 0.439. The molecule has 0 aromatic heterocycles. The molecule has 1 aliphatic carbocycles. The lowest BCUT2D eigenvalue weighted by Gasteiger charge is -2.25. The second kappa shape index (κ2) is 4.46. The molecule has 0 bridgehead atoms. The van der Waals surface area contributed by atoms with Crippen LogP contribution in [0.3, 0.4) is 0 Å². The van der Waals surface area contributed by atoms with Crippen molar-refractivity contribution in [2.24, 2.45) is 5.73 Å². The minimum atomic E-state index is -0.349. The van der Waals surface area contributed by atoms with Crippen LogP contribution in [0.15, 0.2) is 42.5 Å². The van der Waals surface area contributed by atoms with Crippen LogP contribution in [-0.2, 0) is 18.4 Å². The van der Waals surface area contributed by atoms with E-state index in [1.54, 1.807) is 6.07 Å². The molecule has 0 fully saturated rings. The summed E-state index contributed by atoms with van der Waals surface area (Å²) in [6.07, 6.45) is 2.57. The molecule has 98 valence electrons. The highest BCUT2D eigenvalue weighted by Crippen LogP contribution is 2.37. The van der Waals surface area contributed by atoms with Gasteiger partial charge in [-0.05, 0) is 55.0 Å². The standard InChI is InChI=1S/C17H18FN/c1-12-2-4-13(5-3-12)11-17(19)9-8-14-10-15(18)6-7-16(14)17/h2-7,10H,8-9,11,19H2,1H3. The molecule has 0 saturated carbocycles. The van der Waals surface area contributed by atoms with Crippen LogP contribution < -0.4 is 5.73 Å². The Hall–Kier alpha value is -1.67. The van der Waals surface area contributed by atoms with Crippen molar-refractivity contribution >= 4 is 0 Å². The van der Waals surface area contributed by atoms with E-state index in [2.05, 4.69) is 31.2 Å². The summed E-state index contributed by atoms with van der Waals surface area (Å²) in [6, 6.07) is 13.5. The molecule has 0 saturated heterocycles. The Morgan fingerprint density at radius 1 is 1.16 bits per heavy atom. The summed E-state index contributed by atoms with van der Waals surface area (Å²) in [5.74, 6) is -0.168. The normalized spacial score (nSPS) is 21.4. The molecule has 0 spiro atoms. The van der Waals surface area contributed by atoms with E-state index in [-0.39, 0.29) is 11.4 Å². The van der Waals surface area contributed by atoms with Crippen LogP contribution >= 0.6 is 0 Å². The highest BCUT2D eigenvalue weighted by atomic mass is 19.1. The third-order valence-corrected chi connectivity index (χ3v) is 4.08.